The zero-order valence-electron chi connectivity index (χ0n) is 10.1. The van der Waals surface area contributed by atoms with Crippen LogP contribution >= 0.6 is 27.7 Å². The van der Waals surface area contributed by atoms with Crippen molar-refractivity contribution in [3.05, 3.63) is 53.0 Å². The van der Waals surface area contributed by atoms with Crippen LogP contribution in [0.25, 0.3) is 0 Å². The van der Waals surface area contributed by atoms with Crippen LogP contribution < -0.4 is 4.72 Å². The second-order valence-corrected chi connectivity index (χ2v) is 7.18. The number of para-hydroxylation sites is 1. The van der Waals surface area contributed by atoms with Crippen molar-refractivity contribution in [1.29, 1.82) is 0 Å². The van der Waals surface area contributed by atoms with Crippen LogP contribution in [0.2, 0.25) is 0 Å². The zero-order chi connectivity index (χ0) is 13.9. The Morgan fingerprint density at radius 1 is 1.05 bits per heavy atom. The van der Waals surface area contributed by atoms with E-state index in [-0.39, 0.29) is 4.90 Å². The molecule has 0 aliphatic carbocycles. The van der Waals surface area contributed by atoms with Gasteiger partial charge >= 0.3 is 0 Å². The molecule has 3 nitrogen and oxygen atoms in total. The Kier molecular flexibility index (Phi) is 4.54. The van der Waals surface area contributed by atoms with Crippen molar-refractivity contribution >= 4 is 43.4 Å². The molecule has 0 aliphatic heterocycles. The predicted molar refractivity (Wildman–Crippen MR) is 83.2 cm³/mol. The first kappa shape index (κ1) is 14.4. The quantitative estimate of drug-likeness (QED) is 0.842. The van der Waals surface area contributed by atoms with E-state index in [1.54, 1.807) is 54.2 Å². The SMILES string of the molecule is CSc1ccc(S(=O)(=O)Nc2ccccc2Br)cc1. The van der Waals surface area contributed by atoms with Crippen LogP contribution in [0.15, 0.2) is 62.8 Å². The molecule has 0 bridgehead atoms. The molecule has 100 valence electrons. The molecule has 1 N–H and O–H groups in total. The van der Waals surface area contributed by atoms with Crippen LogP contribution in [-0.4, -0.2) is 14.7 Å². The van der Waals surface area contributed by atoms with Gasteiger partial charge in [0, 0.05) is 9.37 Å². The number of thioether (sulfide) groups is 1. The Balaban J connectivity index is 2.30. The largest absolute Gasteiger partial charge is 0.278 e. The number of sulfonamides is 1. The average molecular weight is 358 g/mol. The minimum absolute atomic E-state index is 0.251. The van der Waals surface area contributed by atoms with Gasteiger partial charge in [0.2, 0.25) is 0 Å². The number of hydrogen-bond acceptors (Lipinski definition) is 3. The molecular formula is C13H12BrNO2S2. The van der Waals surface area contributed by atoms with Crippen LogP contribution in [0.5, 0.6) is 0 Å². The lowest BCUT2D eigenvalue weighted by molar-refractivity contribution is 0.601. The van der Waals surface area contributed by atoms with Crippen molar-refractivity contribution in [3.8, 4) is 0 Å². The topological polar surface area (TPSA) is 46.2 Å². The molecule has 0 fully saturated rings. The van der Waals surface area contributed by atoms with E-state index in [0.29, 0.717) is 10.2 Å². The molecular weight excluding hydrogens is 346 g/mol. The molecule has 0 saturated heterocycles. The fraction of sp³-hybridized carbons (Fsp3) is 0.0769. The van der Waals surface area contributed by atoms with E-state index in [0.717, 1.165) is 4.90 Å². The second kappa shape index (κ2) is 5.98. The van der Waals surface area contributed by atoms with E-state index >= 15 is 0 Å². The van der Waals surface area contributed by atoms with Gasteiger partial charge in [-0.25, -0.2) is 8.42 Å². The summed E-state index contributed by atoms with van der Waals surface area (Å²) in [5.41, 5.74) is 0.524. The number of nitrogens with one attached hydrogen (secondary N) is 1. The van der Waals surface area contributed by atoms with Gasteiger partial charge in [0.05, 0.1) is 10.6 Å². The summed E-state index contributed by atoms with van der Waals surface area (Å²) in [6.07, 6.45) is 1.95. The zero-order valence-corrected chi connectivity index (χ0v) is 13.3. The van der Waals surface area contributed by atoms with Gasteiger partial charge in [-0.15, -0.1) is 11.8 Å². The lowest BCUT2D eigenvalue weighted by Crippen LogP contribution is -2.13. The molecule has 0 unspecified atom stereocenters. The Labute approximate surface area is 125 Å². The van der Waals surface area contributed by atoms with Crippen LogP contribution in [0.3, 0.4) is 0 Å². The van der Waals surface area contributed by atoms with Gasteiger partial charge < -0.3 is 0 Å². The number of anilines is 1. The third-order valence-electron chi connectivity index (χ3n) is 2.49. The molecule has 0 radical (unpaired) electrons. The molecule has 0 amide bonds. The molecule has 0 spiro atoms. The Morgan fingerprint density at radius 3 is 2.26 bits per heavy atom. The summed E-state index contributed by atoms with van der Waals surface area (Å²) in [6, 6.07) is 13.9. The monoisotopic (exact) mass is 357 g/mol. The third kappa shape index (κ3) is 3.52. The van der Waals surface area contributed by atoms with Crippen molar-refractivity contribution in [2.75, 3.05) is 11.0 Å². The molecule has 2 rings (SSSR count). The highest BCUT2D eigenvalue weighted by Gasteiger charge is 2.15. The predicted octanol–water partition coefficient (Wildman–Crippen LogP) is 3.97. The van der Waals surface area contributed by atoms with E-state index < -0.39 is 10.0 Å². The van der Waals surface area contributed by atoms with E-state index in [9.17, 15) is 8.42 Å². The number of hydrogen-bond donors (Lipinski definition) is 1. The minimum atomic E-state index is -3.55. The lowest BCUT2D eigenvalue weighted by Gasteiger charge is -2.09. The molecule has 0 atom stereocenters. The maximum absolute atomic E-state index is 12.2. The van der Waals surface area contributed by atoms with Gasteiger partial charge in [0.25, 0.3) is 10.0 Å². The van der Waals surface area contributed by atoms with Gasteiger partial charge in [-0.3, -0.25) is 4.72 Å². The Hall–Kier alpha value is -0.980. The molecule has 2 aromatic rings. The first-order chi connectivity index (χ1) is 9.03. The van der Waals surface area contributed by atoms with Crippen molar-refractivity contribution in [3.63, 3.8) is 0 Å². The summed E-state index contributed by atoms with van der Waals surface area (Å²) in [5, 5.41) is 0. The number of benzene rings is 2. The molecule has 0 saturated carbocycles. The van der Waals surface area contributed by atoms with Gasteiger partial charge in [-0.1, -0.05) is 12.1 Å². The molecule has 6 heteroatoms. The number of halogens is 1. The van der Waals surface area contributed by atoms with Crippen LogP contribution in [0.1, 0.15) is 0 Å². The fourth-order valence-corrected chi connectivity index (χ4v) is 3.51. The van der Waals surface area contributed by atoms with E-state index in [4.69, 9.17) is 0 Å². The average Bonchev–Trinajstić information content (AvgIpc) is 2.41. The van der Waals surface area contributed by atoms with E-state index in [1.807, 2.05) is 12.3 Å². The van der Waals surface area contributed by atoms with Crippen molar-refractivity contribution in [2.45, 2.75) is 9.79 Å². The van der Waals surface area contributed by atoms with Crippen molar-refractivity contribution in [2.24, 2.45) is 0 Å². The first-order valence-corrected chi connectivity index (χ1v) is 8.94. The van der Waals surface area contributed by atoms with E-state index in [2.05, 4.69) is 20.7 Å². The van der Waals surface area contributed by atoms with Crippen LogP contribution in [0.4, 0.5) is 5.69 Å². The lowest BCUT2D eigenvalue weighted by atomic mass is 10.3. The second-order valence-electron chi connectivity index (χ2n) is 3.76. The summed E-state index contributed by atoms with van der Waals surface area (Å²) in [6.45, 7) is 0. The molecule has 0 aromatic heterocycles. The summed E-state index contributed by atoms with van der Waals surface area (Å²) < 4.78 is 27.7. The Bertz CT molecular complexity index is 669. The van der Waals surface area contributed by atoms with Gasteiger partial charge in [-0.2, -0.15) is 0 Å². The molecule has 0 heterocycles. The first-order valence-electron chi connectivity index (χ1n) is 5.44. The summed E-state index contributed by atoms with van der Waals surface area (Å²) >= 11 is 4.89. The summed E-state index contributed by atoms with van der Waals surface area (Å²) in [4.78, 5) is 1.28. The summed E-state index contributed by atoms with van der Waals surface area (Å²) in [7, 11) is -3.55. The van der Waals surface area contributed by atoms with Gasteiger partial charge in [0.15, 0.2) is 0 Å². The Morgan fingerprint density at radius 2 is 1.68 bits per heavy atom. The van der Waals surface area contributed by atoms with Gasteiger partial charge in [0.1, 0.15) is 0 Å². The van der Waals surface area contributed by atoms with Crippen molar-refractivity contribution in [1.82, 2.24) is 0 Å². The maximum atomic E-state index is 12.2. The standard InChI is InChI=1S/C13H12BrNO2S2/c1-18-10-6-8-11(9-7-10)19(16,17)15-13-5-3-2-4-12(13)14/h2-9,15H,1H3. The van der Waals surface area contributed by atoms with Gasteiger partial charge in [-0.05, 0) is 58.6 Å². The third-order valence-corrected chi connectivity index (χ3v) is 5.30. The highest BCUT2D eigenvalue weighted by atomic mass is 79.9. The highest BCUT2D eigenvalue weighted by molar-refractivity contribution is 9.10. The van der Waals surface area contributed by atoms with E-state index in [1.165, 1.54) is 0 Å². The summed E-state index contributed by atoms with van der Waals surface area (Å²) in [5.74, 6) is 0. The highest BCUT2D eigenvalue weighted by Crippen LogP contribution is 2.25. The molecule has 19 heavy (non-hydrogen) atoms. The smallest absolute Gasteiger partial charge is 0.261 e. The fourth-order valence-electron chi connectivity index (χ4n) is 1.50. The maximum Gasteiger partial charge on any atom is 0.261 e. The van der Waals surface area contributed by atoms with Crippen molar-refractivity contribution < 1.29 is 8.42 Å². The number of rotatable bonds is 4. The van der Waals surface area contributed by atoms with Crippen LogP contribution in [0, 0.1) is 0 Å². The van der Waals surface area contributed by atoms with Crippen LogP contribution in [-0.2, 0) is 10.0 Å². The normalized spacial score (nSPS) is 11.3. The minimum Gasteiger partial charge on any atom is -0.278 e. The molecule has 2 aromatic carbocycles. The molecule has 0 aliphatic rings.